The molecule has 0 amide bonds. The minimum Gasteiger partial charge on any atom is -0.314 e. The largest absolute Gasteiger partial charge is 0.343 e. The number of nitrogens with two attached hydrogens (primary N) is 1. The van der Waals surface area contributed by atoms with Crippen LogP contribution in [-0.4, -0.2) is 25.0 Å². The van der Waals surface area contributed by atoms with Gasteiger partial charge in [0.15, 0.2) is 10.8 Å². The number of nitrogens with one attached hydrogen (secondary N) is 1. The van der Waals surface area contributed by atoms with E-state index < -0.39 is 28.5 Å². The van der Waals surface area contributed by atoms with Crippen LogP contribution in [-0.2, 0) is 9.47 Å². The molecule has 3 rings (SSSR count). The highest BCUT2D eigenvalue weighted by Crippen LogP contribution is 2.78. The zero-order valence-corrected chi connectivity index (χ0v) is 13.5. The van der Waals surface area contributed by atoms with Gasteiger partial charge >= 0.3 is 5.91 Å². The summed E-state index contributed by atoms with van der Waals surface area (Å²) >= 11 is 0. The van der Waals surface area contributed by atoms with Crippen LogP contribution in [0.1, 0.15) is 25.3 Å². The monoisotopic (exact) mass is 329 g/mol. The Hall–Kier alpha value is -2.48. The summed E-state index contributed by atoms with van der Waals surface area (Å²) in [5.41, 5.74) is 3.47. The predicted octanol–water partition coefficient (Wildman–Crippen LogP) is 0.121. The van der Waals surface area contributed by atoms with Gasteiger partial charge < -0.3 is 9.47 Å². The zero-order chi connectivity index (χ0) is 17.6. The molecule has 1 aliphatic heterocycles. The van der Waals surface area contributed by atoms with Crippen LogP contribution in [0.5, 0.6) is 0 Å². The number of ether oxygens (including phenoxy) is 2. The molecule has 1 heterocycles. The minimum atomic E-state index is -1.59. The van der Waals surface area contributed by atoms with E-state index in [2.05, 4.69) is 17.1 Å². The topological polar surface area (TPSA) is 106 Å². The van der Waals surface area contributed by atoms with Crippen LogP contribution in [0.3, 0.4) is 0 Å². The molecule has 0 unspecified atom stereocenters. The van der Waals surface area contributed by atoms with Crippen LogP contribution >= 0.6 is 0 Å². The second kappa shape index (κ2) is 5.27. The molecule has 1 aromatic carbocycles. The van der Waals surface area contributed by atoms with Gasteiger partial charge in [-0.2, -0.15) is 10.5 Å². The molecule has 0 bridgehead atoms. The summed E-state index contributed by atoms with van der Waals surface area (Å²) in [5.74, 6) is -2.78. The maximum atomic E-state index is 14.4. The number of halogens is 1. The average Bonchev–Trinajstić information content (AvgIpc) is 3.14. The highest BCUT2D eigenvalue weighted by atomic mass is 19.1. The molecule has 0 radical (unpaired) electrons. The van der Waals surface area contributed by atoms with Crippen molar-refractivity contribution in [3.8, 4) is 12.1 Å². The van der Waals surface area contributed by atoms with Crippen LogP contribution in [0.2, 0.25) is 0 Å². The van der Waals surface area contributed by atoms with Gasteiger partial charge in [0.05, 0.1) is 25.4 Å². The number of nitrogens with zero attached hydrogens (tertiary/aromatic N) is 2. The molecule has 1 saturated carbocycles. The van der Waals surface area contributed by atoms with Gasteiger partial charge in [-0.1, -0.05) is 18.2 Å². The molecule has 0 saturated heterocycles. The summed E-state index contributed by atoms with van der Waals surface area (Å²) in [6.07, 6.45) is 0. The molecule has 1 aromatic rings. The lowest BCUT2D eigenvalue weighted by molar-refractivity contribution is -0.693. The molecule has 124 valence electrons. The Labute approximate surface area is 139 Å². The number of nitriles is 2. The third kappa shape index (κ3) is 1.56. The third-order valence-corrected chi connectivity index (χ3v) is 4.91. The SMILES string of the molecule is CCOC1(OCC)[NH+]=C(N)[C@@]2(C#N)[C@H](c3ccccc3F)[C@@]12C#N. The second-order valence-corrected chi connectivity index (χ2v) is 5.82. The third-order valence-electron chi connectivity index (χ3n) is 4.91. The fraction of sp³-hybridized carbons (Fsp3) is 0.471. The summed E-state index contributed by atoms with van der Waals surface area (Å²) < 4.78 is 25.9. The average molecular weight is 329 g/mol. The van der Waals surface area contributed by atoms with Crippen molar-refractivity contribution in [1.82, 2.24) is 0 Å². The highest BCUT2D eigenvalue weighted by molar-refractivity contribution is 5.95. The van der Waals surface area contributed by atoms with Crippen molar-refractivity contribution in [3.05, 3.63) is 35.6 Å². The Morgan fingerprint density at radius 3 is 2.33 bits per heavy atom. The molecule has 0 spiro atoms. The van der Waals surface area contributed by atoms with Crippen molar-refractivity contribution in [2.45, 2.75) is 25.7 Å². The Morgan fingerprint density at radius 1 is 1.21 bits per heavy atom. The van der Waals surface area contributed by atoms with E-state index in [1.54, 1.807) is 32.0 Å². The smallest absolute Gasteiger partial charge is 0.314 e. The number of hydrogen-bond donors (Lipinski definition) is 2. The minimum absolute atomic E-state index is 0.0710. The number of fused-ring (bicyclic) bond motifs is 1. The molecular formula is C17H18FN4O2+. The van der Waals surface area contributed by atoms with Crippen LogP contribution < -0.4 is 10.7 Å². The molecule has 24 heavy (non-hydrogen) atoms. The van der Waals surface area contributed by atoms with Crippen LogP contribution in [0, 0.1) is 39.3 Å². The number of amidine groups is 1. The van der Waals surface area contributed by atoms with Crippen LogP contribution in [0.15, 0.2) is 24.3 Å². The maximum absolute atomic E-state index is 14.4. The Kier molecular flexibility index (Phi) is 3.60. The van der Waals surface area contributed by atoms with Crippen molar-refractivity contribution in [2.75, 3.05) is 13.2 Å². The van der Waals surface area contributed by atoms with E-state index in [1.807, 2.05) is 0 Å². The standard InChI is InChI=1S/C17H17FN4O2/c1-3-23-17(24-4-2)16(10-20)13(11-7-5-6-8-12(11)18)15(16,9-19)14(21)22-17/h5-8,13H,3-4H2,1-2H3,(H2,21,22)/p+1/t13-,15+,16+/m0/s1. The lowest BCUT2D eigenvalue weighted by Gasteiger charge is -2.29. The Bertz CT molecular complexity index is 791. The quantitative estimate of drug-likeness (QED) is 0.747. The zero-order valence-electron chi connectivity index (χ0n) is 13.5. The number of benzene rings is 1. The van der Waals surface area contributed by atoms with Gasteiger partial charge in [0.2, 0.25) is 0 Å². The maximum Gasteiger partial charge on any atom is 0.343 e. The van der Waals surface area contributed by atoms with Gasteiger partial charge in [0.1, 0.15) is 5.82 Å². The lowest BCUT2D eigenvalue weighted by atomic mass is 9.93. The first kappa shape index (κ1) is 16.4. The van der Waals surface area contributed by atoms with E-state index in [4.69, 9.17) is 15.2 Å². The first-order valence-electron chi connectivity index (χ1n) is 7.77. The highest BCUT2D eigenvalue weighted by Gasteiger charge is 2.97. The van der Waals surface area contributed by atoms with Crippen LogP contribution in [0.4, 0.5) is 4.39 Å². The molecule has 3 atom stereocenters. The van der Waals surface area contributed by atoms with Gasteiger partial charge in [-0.15, -0.1) is 0 Å². The van der Waals surface area contributed by atoms with E-state index in [0.29, 0.717) is 0 Å². The molecule has 2 aliphatic rings. The van der Waals surface area contributed by atoms with Crippen molar-refractivity contribution in [3.63, 3.8) is 0 Å². The van der Waals surface area contributed by atoms with E-state index in [9.17, 15) is 14.9 Å². The van der Waals surface area contributed by atoms with Gasteiger partial charge in [0, 0.05) is 5.92 Å². The molecule has 7 heteroatoms. The Morgan fingerprint density at radius 2 is 1.83 bits per heavy atom. The van der Waals surface area contributed by atoms with Gasteiger partial charge in [-0.3, -0.25) is 5.73 Å². The first-order chi connectivity index (χ1) is 11.5. The second-order valence-electron chi connectivity index (χ2n) is 5.82. The summed E-state index contributed by atoms with van der Waals surface area (Å²) in [7, 11) is 0. The normalized spacial score (nSPS) is 32.4. The van der Waals surface area contributed by atoms with Gasteiger partial charge in [-0.05, 0) is 25.5 Å². The molecule has 3 N–H and O–H groups in total. The summed E-state index contributed by atoms with van der Waals surface area (Å²) in [5, 5.41) is 19.8. The van der Waals surface area contributed by atoms with Gasteiger partial charge in [0.25, 0.3) is 5.84 Å². The van der Waals surface area contributed by atoms with Gasteiger partial charge in [-0.25, -0.2) is 9.38 Å². The van der Waals surface area contributed by atoms with Crippen LogP contribution in [0.25, 0.3) is 0 Å². The molecule has 0 aromatic heterocycles. The van der Waals surface area contributed by atoms with Crippen molar-refractivity contribution in [1.29, 1.82) is 10.5 Å². The lowest BCUT2D eigenvalue weighted by Crippen LogP contribution is -2.91. The number of rotatable bonds is 5. The predicted molar refractivity (Wildman–Crippen MR) is 81.4 cm³/mol. The molecule has 1 fully saturated rings. The van der Waals surface area contributed by atoms with Crippen molar-refractivity contribution in [2.24, 2.45) is 16.6 Å². The first-order valence-corrected chi connectivity index (χ1v) is 7.77. The fourth-order valence-corrected chi connectivity index (χ4v) is 4.03. The van der Waals surface area contributed by atoms with Crippen molar-refractivity contribution >= 4 is 5.84 Å². The number of hydrogen-bond acceptors (Lipinski definition) is 5. The molecule has 1 aliphatic carbocycles. The van der Waals surface area contributed by atoms with E-state index in [0.717, 1.165) is 0 Å². The van der Waals surface area contributed by atoms with E-state index >= 15 is 0 Å². The Balaban J connectivity index is 2.25. The van der Waals surface area contributed by atoms with E-state index in [-0.39, 0.29) is 24.6 Å². The summed E-state index contributed by atoms with van der Waals surface area (Å²) in [6.45, 7) is 3.96. The molecular weight excluding hydrogens is 311 g/mol. The summed E-state index contributed by atoms with van der Waals surface area (Å²) in [6, 6.07) is 10.4. The fourth-order valence-electron chi connectivity index (χ4n) is 4.03. The summed E-state index contributed by atoms with van der Waals surface area (Å²) in [4.78, 5) is 2.85. The molecule has 6 nitrogen and oxygen atoms in total. The van der Waals surface area contributed by atoms with Crippen molar-refractivity contribution < 1.29 is 18.9 Å². The van der Waals surface area contributed by atoms with E-state index in [1.165, 1.54) is 6.07 Å².